The van der Waals surface area contributed by atoms with Gasteiger partial charge in [0.1, 0.15) is 12.5 Å². The molecule has 0 radical (unpaired) electrons. The second-order valence-corrected chi connectivity index (χ2v) is 3.57. The van der Waals surface area contributed by atoms with Crippen molar-refractivity contribution in [3.8, 4) is 11.1 Å². The summed E-state index contributed by atoms with van der Waals surface area (Å²) in [5.41, 5.74) is 8.36. The summed E-state index contributed by atoms with van der Waals surface area (Å²) in [4.78, 5) is 0. The average molecular weight is 238 g/mol. The highest BCUT2D eigenvalue weighted by molar-refractivity contribution is 9.10. The maximum absolute atomic E-state index is 5.73. The summed E-state index contributed by atoms with van der Waals surface area (Å²) in [5, 5.41) is 0. The Balaban J connectivity index is 2.59. The van der Waals surface area contributed by atoms with Crippen LogP contribution in [0, 0.1) is 0 Å². The molecule has 0 saturated carbocycles. The molecule has 2 nitrogen and oxygen atoms in total. The Labute approximate surface area is 84.5 Å². The van der Waals surface area contributed by atoms with E-state index in [-0.39, 0.29) is 0 Å². The van der Waals surface area contributed by atoms with Crippen LogP contribution in [0.25, 0.3) is 11.1 Å². The van der Waals surface area contributed by atoms with Crippen molar-refractivity contribution in [1.29, 1.82) is 0 Å². The predicted molar refractivity (Wildman–Crippen MR) is 56.3 cm³/mol. The fourth-order valence-corrected chi connectivity index (χ4v) is 1.70. The van der Waals surface area contributed by atoms with E-state index in [4.69, 9.17) is 10.2 Å². The molecular weight excluding hydrogens is 230 g/mol. The van der Waals surface area contributed by atoms with Crippen molar-refractivity contribution < 1.29 is 4.42 Å². The van der Waals surface area contributed by atoms with E-state index >= 15 is 0 Å². The quantitative estimate of drug-likeness (QED) is 0.827. The van der Waals surface area contributed by atoms with E-state index in [1.165, 1.54) is 6.26 Å². The van der Waals surface area contributed by atoms with Gasteiger partial charge in [0.15, 0.2) is 0 Å². The Bertz CT molecular complexity index is 422. The minimum Gasteiger partial charge on any atom is -0.470 e. The van der Waals surface area contributed by atoms with E-state index in [2.05, 4.69) is 15.9 Å². The van der Waals surface area contributed by atoms with Gasteiger partial charge in [-0.15, -0.1) is 0 Å². The molecule has 0 fully saturated rings. The van der Waals surface area contributed by atoms with Crippen molar-refractivity contribution in [1.82, 2.24) is 0 Å². The molecule has 66 valence electrons. The molecule has 0 atom stereocenters. The van der Waals surface area contributed by atoms with Gasteiger partial charge >= 0.3 is 0 Å². The number of anilines is 1. The van der Waals surface area contributed by atoms with Crippen molar-refractivity contribution in [2.75, 3.05) is 5.73 Å². The number of halogens is 1. The lowest BCUT2D eigenvalue weighted by atomic mass is 10.1. The molecule has 1 heterocycles. The summed E-state index contributed by atoms with van der Waals surface area (Å²) in [6.07, 6.45) is 3.18. The number of rotatable bonds is 1. The molecule has 0 bridgehead atoms. The van der Waals surface area contributed by atoms with Crippen molar-refractivity contribution >= 4 is 21.6 Å². The molecule has 1 aromatic heterocycles. The summed E-state index contributed by atoms with van der Waals surface area (Å²) in [6.45, 7) is 0. The zero-order valence-electron chi connectivity index (χ0n) is 6.83. The number of nitrogens with two attached hydrogens (primary N) is 1. The maximum atomic E-state index is 5.73. The van der Waals surface area contributed by atoms with Gasteiger partial charge in [-0.25, -0.2) is 0 Å². The Morgan fingerprint density at radius 1 is 1.08 bits per heavy atom. The normalized spacial score (nSPS) is 10.2. The second-order valence-electron chi connectivity index (χ2n) is 2.72. The Morgan fingerprint density at radius 3 is 2.46 bits per heavy atom. The predicted octanol–water partition coefficient (Wildman–Crippen LogP) is 3.29. The van der Waals surface area contributed by atoms with E-state index in [9.17, 15) is 0 Å². The van der Waals surface area contributed by atoms with Gasteiger partial charge in [-0.1, -0.05) is 34.1 Å². The third kappa shape index (κ3) is 1.47. The van der Waals surface area contributed by atoms with Crippen LogP contribution in [0.3, 0.4) is 0 Å². The van der Waals surface area contributed by atoms with Gasteiger partial charge < -0.3 is 10.2 Å². The number of benzene rings is 1. The second kappa shape index (κ2) is 3.26. The molecule has 0 unspecified atom stereocenters. The third-order valence-corrected chi connectivity index (χ3v) is 2.55. The van der Waals surface area contributed by atoms with Gasteiger partial charge in [0, 0.05) is 15.6 Å². The Kier molecular flexibility index (Phi) is 2.10. The van der Waals surface area contributed by atoms with Crippen LogP contribution < -0.4 is 5.73 Å². The molecule has 13 heavy (non-hydrogen) atoms. The molecule has 0 aliphatic carbocycles. The largest absolute Gasteiger partial charge is 0.470 e. The number of furan rings is 1. The molecule has 0 saturated heterocycles. The van der Waals surface area contributed by atoms with Crippen LogP contribution in [0.5, 0.6) is 0 Å². The smallest absolute Gasteiger partial charge is 0.114 e. The van der Waals surface area contributed by atoms with Gasteiger partial charge in [0.25, 0.3) is 0 Å². The molecular formula is C10H8BrNO. The lowest BCUT2D eigenvalue weighted by molar-refractivity contribution is 0.569. The molecule has 0 aliphatic heterocycles. The highest BCUT2D eigenvalue weighted by Gasteiger charge is 2.07. The van der Waals surface area contributed by atoms with Crippen molar-refractivity contribution in [3.05, 3.63) is 41.3 Å². The standard InChI is InChI=1S/C10H8BrNO/c11-9-4-2-1-3-7(9)8-5-13-6-10(8)12/h1-6H,12H2. The van der Waals surface area contributed by atoms with E-state index in [0.29, 0.717) is 5.69 Å². The first-order valence-electron chi connectivity index (χ1n) is 3.85. The zero-order chi connectivity index (χ0) is 9.26. The van der Waals surface area contributed by atoms with E-state index in [1.807, 2.05) is 24.3 Å². The molecule has 2 aromatic rings. The molecule has 3 heteroatoms. The molecule has 2 N–H and O–H groups in total. The van der Waals surface area contributed by atoms with Crippen LogP contribution in [0.4, 0.5) is 5.69 Å². The topological polar surface area (TPSA) is 39.2 Å². The highest BCUT2D eigenvalue weighted by Crippen LogP contribution is 2.32. The molecule has 0 aliphatic rings. The van der Waals surface area contributed by atoms with Crippen LogP contribution in [0.15, 0.2) is 45.7 Å². The summed E-state index contributed by atoms with van der Waals surface area (Å²) < 4.78 is 6.03. The first-order valence-corrected chi connectivity index (χ1v) is 4.65. The van der Waals surface area contributed by atoms with Crippen molar-refractivity contribution in [3.63, 3.8) is 0 Å². The summed E-state index contributed by atoms with van der Waals surface area (Å²) in [5.74, 6) is 0. The molecule has 1 aromatic carbocycles. The first kappa shape index (κ1) is 8.38. The van der Waals surface area contributed by atoms with Crippen LogP contribution >= 0.6 is 15.9 Å². The number of nitrogen functional groups attached to an aromatic ring is 1. The average Bonchev–Trinajstić information content (AvgIpc) is 2.52. The highest BCUT2D eigenvalue weighted by atomic mass is 79.9. The monoisotopic (exact) mass is 237 g/mol. The van der Waals surface area contributed by atoms with Gasteiger partial charge in [-0.3, -0.25) is 0 Å². The Hall–Kier alpha value is -1.22. The van der Waals surface area contributed by atoms with Crippen LogP contribution in [0.1, 0.15) is 0 Å². The fourth-order valence-electron chi connectivity index (χ4n) is 1.21. The van der Waals surface area contributed by atoms with Crippen molar-refractivity contribution in [2.45, 2.75) is 0 Å². The summed E-state index contributed by atoms with van der Waals surface area (Å²) in [7, 11) is 0. The van der Waals surface area contributed by atoms with E-state index < -0.39 is 0 Å². The van der Waals surface area contributed by atoms with Crippen LogP contribution in [-0.2, 0) is 0 Å². The maximum Gasteiger partial charge on any atom is 0.114 e. The minimum absolute atomic E-state index is 0.659. The van der Waals surface area contributed by atoms with Crippen LogP contribution in [-0.4, -0.2) is 0 Å². The molecule has 2 rings (SSSR count). The summed E-state index contributed by atoms with van der Waals surface area (Å²) in [6, 6.07) is 7.89. The van der Waals surface area contributed by atoms with Gasteiger partial charge in [0.2, 0.25) is 0 Å². The van der Waals surface area contributed by atoms with E-state index in [0.717, 1.165) is 15.6 Å². The van der Waals surface area contributed by atoms with Gasteiger partial charge in [0.05, 0.1) is 5.69 Å². The minimum atomic E-state index is 0.659. The number of hydrogen-bond donors (Lipinski definition) is 1. The van der Waals surface area contributed by atoms with Crippen LogP contribution in [0.2, 0.25) is 0 Å². The molecule has 0 spiro atoms. The SMILES string of the molecule is Nc1cocc1-c1ccccc1Br. The zero-order valence-corrected chi connectivity index (χ0v) is 8.41. The summed E-state index contributed by atoms with van der Waals surface area (Å²) >= 11 is 3.45. The van der Waals surface area contributed by atoms with E-state index in [1.54, 1.807) is 6.26 Å². The van der Waals surface area contributed by atoms with Gasteiger partial charge in [-0.2, -0.15) is 0 Å². The third-order valence-electron chi connectivity index (χ3n) is 1.86. The lowest BCUT2D eigenvalue weighted by Gasteiger charge is -2.00. The first-order chi connectivity index (χ1) is 6.29. The Morgan fingerprint density at radius 2 is 1.85 bits per heavy atom. The lowest BCUT2D eigenvalue weighted by Crippen LogP contribution is -1.85. The van der Waals surface area contributed by atoms with Gasteiger partial charge in [-0.05, 0) is 6.07 Å². The fraction of sp³-hybridized carbons (Fsp3) is 0. The number of hydrogen-bond acceptors (Lipinski definition) is 2. The van der Waals surface area contributed by atoms with Crippen molar-refractivity contribution in [2.24, 2.45) is 0 Å². The molecule has 0 amide bonds.